The molecule has 8 heteroatoms. The van der Waals surface area contributed by atoms with E-state index in [-0.39, 0.29) is 11.5 Å². The van der Waals surface area contributed by atoms with Crippen molar-refractivity contribution in [2.24, 2.45) is 0 Å². The van der Waals surface area contributed by atoms with Crippen LogP contribution in [0.1, 0.15) is 23.3 Å². The van der Waals surface area contributed by atoms with Crippen LogP contribution in [0.3, 0.4) is 0 Å². The van der Waals surface area contributed by atoms with Crippen molar-refractivity contribution in [2.75, 3.05) is 57.3 Å². The molecular formula is C21H27N5O2S. The number of fused-ring (bicyclic) bond motifs is 2. The van der Waals surface area contributed by atoms with Gasteiger partial charge in [0.2, 0.25) is 11.9 Å². The molecule has 0 bridgehead atoms. The van der Waals surface area contributed by atoms with Crippen LogP contribution in [0.4, 0.5) is 5.95 Å². The molecule has 7 nitrogen and oxygen atoms in total. The number of aromatic nitrogens is 2. The topological polar surface area (TPSA) is 61.8 Å². The Labute approximate surface area is 175 Å². The van der Waals surface area contributed by atoms with Crippen LogP contribution in [0.25, 0.3) is 0 Å². The first kappa shape index (κ1) is 19.0. The van der Waals surface area contributed by atoms with Gasteiger partial charge in [-0.2, -0.15) is 0 Å². The molecule has 0 aliphatic carbocycles. The Morgan fingerprint density at radius 2 is 1.86 bits per heavy atom. The highest BCUT2D eigenvalue weighted by Gasteiger charge is 2.42. The zero-order chi connectivity index (χ0) is 19.7. The predicted octanol–water partition coefficient (Wildman–Crippen LogP) is 1.75. The highest BCUT2D eigenvalue weighted by atomic mass is 32.1. The van der Waals surface area contributed by atoms with Gasteiger partial charge in [-0.25, -0.2) is 9.97 Å². The van der Waals surface area contributed by atoms with Crippen LogP contribution in [-0.2, 0) is 21.6 Å². The van der Waals surface area contributed by atoms with Crippen molar-refractivity contribution >= 4 is 23.2 Å². The third-order valence-corrected chi connectivity index (χ3v) is 7.54. The van der Waals surface area contributed by atoms with Gasteiger partial charge < -0.3 is 14.5 Å². The average Bonchev–Trinajstić information content (AvgIpc) is 3.26. The van der Waals surface area contributed by atoms with Crippen molar-refractivity contribution in [3.05, 3.63) is 40.3 Å². The lowest BCUT2D eigenvalue weighted by atomic mass is 9.85. The number of thiophene rings is 1. The number of rotatable bonds is 3. The van der Waals surface area contributed by atoms with Crippen LogP contribution in [0, 0.1) is 0 Å². The molecule has 2 aromatic rings. The number of piperidine rings is 1. The second-order valence-electron chi connectivity index (χ2n) is 8.06. The molecule has 3 aliphatic heterocycles. The quantitative estimate of drug-likeness (QED) is 0.764. The normalized spacial score (nSPS) is 21.9. The van der Waals surface area contributed by atoms with Gasteiger partial charge in [0.15, 0.2) is 0 Å². The van der Waals surface area contributed by atoms with Crippen molar-refractivity contribution in [1.82, 2.24) is 19.8 Å². The lowest BCUT2D eigenvalue weighted by Gasteiger charge is -2.44. The number of carbonyl (C=O) groups is 1. The van der Waals surface area contributed by atoms with Gasteiger partial charge in [0.1, 0.15) is 5.60 Å². The second kappa shape index (κ2) is 8.01. The Hall–Kier alpha value is -2.03. The van der Waals surface area contributed by atoms with E-state index in [1.54, 1.807) is 12.4 Å². The fourth-order valence-corrected chi connectivity index (χ4v) is 5.86. The van der Waals surface area contributed by atoms with Gasteiger partial charge in [-0.15, -0.1) is 11.3 Å². The highest BCUT2D eigenvalue weighted by molar-refractivity contribution is 7.10. The van der Waals surface area contributed by atoms with Crippen LogP contribution in [0.5, 0.6) is 0 Å². The SMILES string of the molecule is O=C(CN1CCN(c2ncccn2)CC1)N1CCC2(CC1)OCCc1ccsc12. The van der Waals surface area contributed by atoms with E-state index in [0.717, 1.165) is 71.1 Å². The minimum Gasteiger partial charge on any atom is -0.369 e. The van der Waals surface area contributed by atoms with E-state index in [2.05, 4.69) is 31.2 Å². The Kier molecular flexibility index (Phi) is 5.24. The molecule has 0 radical (unpaired) electrons. The molecule has 2 aromatic heterocycles. The molecule has 29 heavy (non-hydrogen) atoms. The van der Waals surface area contributed by atoms with Gasteiger partial charge in [-0.1, -0.05) is 0 Å². The van der Waals surface area contributed by atoms with Crippen molar-refractivity contribution < 1.29 is 9.53 Å². The summed E-state index contributed by atoms with van der Waals surface area (Å²) >= 11 is 1.82. The van der Waals surface area contributed by atoms with Crippen molar-refractivity contribution in [3.8, 4) is 0 Å². The molecular weight excluding hydrogens is 386 g/mol. The lowest BCUT2D eigenvalue weighted by Crippen LogP contribution is -2.53. The van der Waals surface area contributed by atoms with Crippen molar-refractivity contribution in [3.63, 3.8) is 0 Å². The zero-order valence-electron chi connectivity index (χ0n) is 16.6. The lowest BCUT2D eigenvalue weighted by molar-refractivity contribution is -0.141. The molecule has 0 atom stereocenters. The number of hydrogen-bond acceptors (Lipinski definition) is 7. The summed E-state index contributed by atoms with van der Waals surface area (Å²) in [6.45, 7) is 6.31. The summed E-state index contributed by atoms with van der Waals surface area (Å²) < 4.78 is 6.27. The number of carbonyl (C=O) groups excluding carboxylic acids is 1. The predicted molar refractivity (Wildman–Crippen MR) is 112 cm³/mol. The third-order valence-electron chi connectivity index (χ3n) is 6.40. The van der Waals surface area contributed by atoms with Crippen LogP contribution < -0.4 is 4.90 Å². The number of amides is 1. The number of hydrogen-bond donors (Lipinski definition) is 0. The molecule has 0 aromatic carbocycles. The minimum absolute atomic E-state index is 0.153. The third kappa shape index (κ3) is 3.76. The van der Waals surface area contributed by atoms with E-state index in [1.165, 1.54) is 10.4 Å². The smallest absolute Gasteiger partial charge is 0.236 e. The molecule has 0 N–H and O–H groups in total. The maximum atomic E-state index is 12.9. The van der Waals surface area contributed by atoms with E-state index < -0.39 is 0 Å². The van der Waals surface area contributed by atoms with Crippen LogP contribution >= 0.6 is 11.3 Å². The standard InChI is InChI=1S/C21H27N5O2S/c27-18(16-24-10-12-26(13-11-24)20-22-6-1-7-23-20)25-8-4-21(5-9-25)19-17(2-14-28-21)3-15-29-19/h1,3,6-7,15H,2,4-5,8-14,16H2. The van der Waals surface area contributed by atoms with Crippen LogP contribution in [0.15, 0.2) is 29.9 Å². The molecule has 0 unspecified atom stereocenters. The summed E-state index contributed by atoms with van der Waals surface area (Å²) in [7, 11) is 0. The maximum Gasteiger partial charge on any atom is 0.236 e. The Morgan fingerprint density at radius 3 is 2.62 bits per heavy atom. The van der Waals surface area contributed by atoms with Crippen LogP contribution in [-0.4, -0.2) is 78.1 Å². The molecule has 5 heterocycles. The molecule has 5 rings (SSSR count). The Balaban J connectivity index is 1.13. The summed E-state index contributed by atoms with van der Waals surface area (Å²) in [6, 6.07) is 4.07. The number of likely N-dealkylation sites (tertiary alicyclic amines) is 1. The van der Waals surface area contributed by atoms with E-state index in [1.807, 2.05) is 22.3 Å². The van der Waals surface area contributed by atoms with E-state index in [9.17, 15) is 4.79 Å². The molecule has 1 spiro atoms. The summed E-state index contributed by atoms with van der Waals surface area (Å²) in [6.07, 6.45) is 6.38. The van der Waals surface area contributed by atoms with Gasteiger partial charge >= 0.3 is 0 Å². The van der Waals surface area contributed by atoms with Crippen molar-refractivity contribution in [2.45, 2.75) is 24.9 Å². The van der Waals surface area contributed by atoms with Crippen molar-refractivity contribution in [1.29, 1.82) is 0 Å². The summed E-state index contributed by atoms with van der Waals surface area (Å²) in [4.78, 5) is 29.4. The largest absolute Gasteiger partial charge is 0.369 e. The van der Waals surface area contributed by atoms with Gasteiger partial charge in [-0.05, 0) is 42.3 Å². The summed E-state index contributed by atoms with van der Waals surface area (Å²) in [5, 5.41) is 2.18. The summed E-state index contributed by atoms with van der Waals surface area (Å²) in [5.41, 5.74) is 1.29. The van der Waals surface area contributed by atoms with Gasteiger partial charge in [0, 0.05) is 56.5 Å². The van der Waals surface area contributed by atoms with Gasteiger partial charge in [-0.3, -0.25) is 9.69 Å². The zero-order valence-corrected chi connectivity index (χ0v) is 17.4. The van der Waals surface area contributed by atoms with E-state index in [4.69, 9.17) is 4.74 Å². The molecule has 3 aliphatic rings. The maximum absolute atomic E-state index is 12.9. The first-order valence-electron chi connectivity index (χ1n) is 10.5. The first-order chi connectivity index (χ1) is 14.2. The average molecular weight is 414 g/mol. The second-order valence-corrected chi connectivity index (χ2v) is 8.98. The molecule has 154 valence electrons. The number of ether oxygens (including phenoxy) is 1. The molecule has 2 fully saturated rings. The number of anilines is 1. The molecule has 1 amide bonds. The minimum atomic E-state index is -0.153. The molecule has 0 saturated carbocycles. The fraction of sp³-hybridized carbons (Fsp3) is 0.571. The fourth-order valence-electron chi connectivity index (χ4n) is 4.69. The van der Waals surface area contributed by atoms with Gasteiger partial charge in [0.05, 0.1) is 13.2 Å². The number of piperazine rings is 1. The monoisotopic (exact) mass is 413 g/mol. The number of nitrogens with zero attached hydrogens (tertiary/aromatic N) is 5. The Bertz CT molecular complexity index is 842. The van der Waals surface area contributed by atoms with E-state index >= 15 is 0 Å². The van der Waals surface area contributed by atoms with E-state index in [0.29, 0.717) is 6.54 Å². The first-order valence-corrected chi connectivity index (χ1v) is 11.3. The highest BCUT2D eigenvalue weighted by Crippen LogP contribution is 2.44. The molecule has 2 saturated heterocycles. The van der Waals surface area contributed by atoms with Gasteiger partial charge in [0.25, 0.3) is 0 Å². The van der Waals surface area contributed by atoms with Crippen LogP contribution in [0.2, 0.25) is 0 Å². The Morgan fingerprint density at radius 1 is 1.10 bits per heavy atom. The summed E-state index contributed by atoms with van der Waals surface area (Å²) in [5.74, 6) is 1.02.